The molecule has 3 aromatic rings. The van der Waals surface area contributed by atoms with E-state index in [9.17, 15) is 9.18 Å². The van der Waals surface area contributed by atoms with Gasteiger partial charge in [-0.05, 0) is 78.9 Å². The number of carbonyl (C=O) groups is 1. The van der Waals surface area contributed by atoms with Gasteiger partial charge < -0.3 is 4.74 Å². The van der Waals surface area contributed by atoms with Crippen LogP contribution in [-0.2, 0) is 17.9 Å². The van der Waals surface area contributed by atoms with Gasteiger partial charge in [-0.1, -0.05) is 66.4 Å². The summed E-state index contributed by atoms with van der Waals surface area (Å²) < 4.78 is 21.0. The fraction of sp³-hybridized carbons (Fsp3) is 0.0833. The molecule has 1 fully saturated rings. The second-order valence-electron chi connectivity index (χ2n) is 6.98. The molecule has 1 aliphatic rings. The fourth-order valence-corrected chi connectivity index (χ4v) is 5.80. The molecule has 3 aromatic carbocycles. The molecule has 0 aromatic heterocycles. The Bertz CT molecular complexity index is 1180. The Kier molecular flexibility index (Phi) is 7.45. The van der Waals surface area contributed by atoms with E-state index in [1.54, 1.807) is 17.0 Å². The van der Waals surface area contributed by atoms with Crippen LogP contribution in [0.2, 0.25) is 0 Å². The summed E-state index contributed by atoms with van der Waals surface area (Å²) in [6, 6.07) is 19.7. The van der Waals surface area contributed by atoms with Crippen molar-refractivity contribution in [2.24, 2.45) is 0 Å². The molecule has 1 amide bonds. The molecule has 0 N–H and O–H groups in total. The lowest BCUT2D eigenvalue weighted by Crippen LogP contribution is -2.27. The highest BCUT2D eigenvalue weighted by molar-refractivity contribution is 9.11. The number of hydrogen-bond acceptors (Lipinski definition) is 4. The number of ether oxygens (including phenoxy) is 1. The zero-order chi connectivity index (χ0) is 22.7. The standard InChI is InChI=1S/C24H16Br2FNO2S2/c25-19-10-17(11-20(26)22(19)30-14-16-6-8-18(27)9-7-16)12-21-23(29)28(24(31)32-21)13-15-4-2-1-3-5-15/h1-12H,13-14H2/b21-12+. The second-order valence-corrected chi connectivity index (χ2v) is 10.4. The summed E-state index contributed by atoms with van der Waals surface area (Å²) in [5, 5.41) is 0. The van der Waals surface area contributed by atoms with E-state index in [1.807, 2.05) is 48.5 Å². The van der Waals surface area contributed by atoms with Crippen molar-refractivity contribution in [1.82, 2.24) is 4.90 Å². The zero-order valence-corrected chi connectivity index (χ0v) is 21.4. The van der Waals surface area contributed by atoms with Gasteiger partial charge in [-0.25, -0.2) is 4.39 Å². The summed E-state index contributed by atoms with van der Waals surface area (Å²) in [6.07, 6.45) is 1.82. The number of thiocarbonyl (C=S) groups is 1. The molecule has 4 rings (SSSR count). The monoisotopic (exact) mass is 591 g/mol. The Hall–Kier alpha value is -2.00. The normalized spacial score (nSPS) is 15.0. The van der Waals surface area contributed by atoms with Crippen molar-refractivity contribution in [2.75, 3.05) is 0 Å². The minimum atomic E-state index is -0.283. The Morgan fingerprint density at radius 3 is 2.31 bits per heavy atom. The minimum absolute atomic E-state index is 0.104. The highest BCUT2D eigenvalue weighted by Crippen LogP contribution is 2.38. The average molecular weight is 593 g/mol. The van der Waals surface area contributed by atoms with Crippen LogP contribution < -0.4 is 4.74 Å². The summed E-state index contributed by atoms with van der Waals surface area (Å²) in [7, 11) is 0. The van der Waals surface area contributed by atoms with Crippen LogP contribution in [0.15, 0.2) is 80.6 Å². The molecule has 0 spiro atoms. The van der Waals surface area contributed by atoms with E-state index in [0.29, 0.717) is 28.1 Å². The van der Waals surface area contributed by atoms with Crippen LogP contribution in [0.25, 0.3) is 6.08 Å². The molecule has 1 heterocycles. The Balaban J connectivity index is 1.49. The number of amides is 1. The van der Waals surface area contributed by atoms with Gasteiger partial charge in [0.15, 0.2) is 0 Å². The van der Waals surface area contributed by atoms with E-state index in [0.717, 1.165) is 25.6 Å². The summed E-state index contributed by atoms with van der Waals surface area (Å²) in [4.78, 5) is 15.1. The Morgan fingerprint density at radius 2 is 1.66 bits per heavy atom. The first kappa shape index (κ1) is 23.2. The van der Waals surface area contributed by atoms with Crippen LogP contribution in [0.1, 0.15) is 16.7 Å². The molecule has 0 aliphatic carbocycles. The first-order valence-electron chi connectivity index (χ1n) is 9.56. The van der Waals surface area contributed by atoms with Crippen LogP contribution in [0, 0.1) is 5.82 Å². The number of thioether (sulfide) groups is 1. The van der Waals surface area contributed by atoms with E-state index < -0.39 is 0 Å². The lowest BCUT2D eigenvalue weighted by Gasteiger charge is -2.14. The predicted octanol–water partition coefficient (Wildman–Crippen LogP) is 7.33. The first-order valence-corrected chi connectivity index (χ1v) is 12.4. The fourth-order valence-electron chi connectivity index (χ4n) is 3.09. The predicted molar refractivity (Wildman–Crippen MR) is 138 cm³/mol. The van der Waals surface area contributed by atoms with Crippen LogP contribution in [-0.4, -0.2) is 15.1 Å². The molecule has 32 heavy (non-hydrogen) atoms. The van der Waals surface area contributed by atoms with Gasteiger partial charge in [0, 0.05) is 0 Å². The molecular formula is C24H16Br2FNO2S2. The molecule has 1 aliphatic heterocycles. The van der Waals surface area contributed by atoms with Crippen molar-refractivity contribution in [1.29, 1.82) is 0 Å². The molecule has 0 radical (unpaired) electrons. The van der Waals surface area contributed by atoms with E-state index in [4.69, 9.17) is 17.0 Å². The number of halogens is 3. The van der Waals surface area contributed by atoms with Crippen molar-refractivity contribution in [3.63, 3.8) is 0 Å². The molecule has 1 saturated heterocycles. The topological polar surface area (TPSA) is 29.5 Å². The number of benzene rings is 3. The molecule has 0 saturated carbocycles. The van der Waals surface area contributed by atoms with Gasteiger partial charge in [-0.3, -0.25) is 9.69 Å². The van der Waals surface area contributed by atoms with Gasteiger partial charge in [0.05, 0.1) is 20.4 Å². The quantitative estimate of drug-likeness (QED) is 0.221. The maximum Gasteiger partial charge on any atom is 0.266 e. The molecular weight excluding hydrogens is 577 g/mol. The molecule has 0 unspecified atom stereocenters. The van der Waals surface area contributed by atoms with Gasteiger partial charge >= 0.3 is 0 Å². The third kappa shape index (κ3) is 5.49. The highest BCUT2D eigenvalue weighted by Gasteiger charge is 2.32. The van der Waals surface area contributed by atoms with Gasteiger partial charge in [0.1, 0.15) is 22.5 Å². The third-order valence-corrected chi connectivity index (χ3v) is 7.23. The zero-order valence-electron chi connectivity index (χ0n) is 16.6. The third-order valence-electron chi connectivity index (χ3n) is 4.67. The lowest BCUT2D eigenvalue weighted by molar-refractivity contribution is -0.122. The van der Waals surface area contributed by atoms with E-state index in [1.165, 1.54) is 23.9 Å². The first-order chi connectivity index (χ1) is 15.4. The average Bonchev–Trinajstić information content (AvgIpc) is 3.02. The van der Waals surface area contributed by atoms with Crippen LogP contribution in [0.5, 0.6) is 5.75 Å². The summed E-state index contributed by atoms with van der Waals surface area (Å²) in [5.74, 6) is 0.241. The van der Waals surface area contributed by atoms with Crippen molar-refractivity contribution in [3.8, 4) is 5.75 Å². The number of nitrogens with zero attached hydrogens (tertiary/aromatic N) is 1. The van der Waals surface area contributed by atoms with Gasteiger partial charge in [0.2, 0.25) is 0 Å². The van der Waals surface area contributed by atoms with Crippen molar-refractivity contribution < 1.29 is 13.9 Å². The molecule has 8 heteroatoms. The molecule has 3 nitrogen and oxygen atoms in total. The van der Waals surface area contributed by atoms with E-state index >= 15 is 0 Å². The number of hydrogen-bond donors (Lipinski definition) is 0. The summed E-state index contributed by atoms with van der Waals surface area (Å²) >= 11 is 13.8. The lowest BCUT2D eigenvalue weighted by atomic mass is 10.2. The van der Waals surface area contributed by atoms with Gasteiger partial charge in [-0.15, -0.1) is 0 Å². The maximum absolute atomic E-state index is 13.1. The summed E-state index contributed by atoms with van der Waals surface area (Å²) in [6.45, 7) is 0.751. The molecule has 0 bridgehead atoms. The van der Waals surface area contributed by atoms with Crippen LogP contribution >= 0.6 is 55.8 Å². The largest absolute Gasteiger partial charge is 0.487 e. The van der Waals surface area contributed by atoms with E-state index in [-0.39, 0.29) is 11.7 Å². The number of carbonyl (C=O) groups excluding carboxylic acids is 1. The minimum Gasteiger partial charge on any atom is -0.487 e. The summed E-state index contributed by atoms with van der Waals surface area (Å²) in [5.41, 5.74) is 2.72. The highest BCUT2D eigenvalue weighted by atomic mass is 79.9. The maximum atomic E-state index is 13.1. The van der Waals surface area contributed by atoms with Crippen LogP contribution in [0.4, 0.5) is 4.39 Å². The smallest absolute Gasteiger partial charge is 0.266 e. The molecule has 0 atom stereocenters. The second kappa shape index (κ2) is 10.3. The molecule has 162 valence electrons. The Labute approximate surface area is 211 Å². The van der Waals surface area contributed by atoms with Crippen molar-refractivity contribution in [3.05, 3.63) is 103 Å². The Morgan fingerprint density at radius 1 is 1.00 bits per heavy atom. The van der Waals surface area contributed by atoms with Gasteiger partial charge in [0.25, 0.3) is 5.91 Å². The van der Waals surface area contributed by atoms with Crippen LogP contribution in [0.3, 0.4) is 0 Å². The van der Waals surface area contributed by atoms with Crippen molar-refractivity contribution in [2.45, 2.75) is 13.2 Å². The number of rotatable bonds is 6. The van der Waals surface area contributed by atoms with Gasteiger partial charge in [-0.2, -0.15) is 0 Å². The van der Waals surface area contributed by atoms with E-state index in [2.05, 4.69) is 31.9 Å². The van der Waals surface area contributed by atoms with Crippen molar-refractivity contribution >= 4 is 72.1 Å². The SMILES string of the molecule is O=C1/C(=C\c2cc(Br)c(OCc3ccc(F)cc3)c(Br)c2)SC(=S)N1Cc1ccccc1.